The van der Waals surface area contributed by atoms with Gasteiger partial charge in [0, 0.05) is 31.6 Å². The fraction of sp³-hybridized carbons (Fsp3) is 0.333. The van der Waals surface area contributed by atoms with Gasteiger partial charge in [-0.2, -0.15) is 0 Å². The lowest BCUT2D eigenvalue weighted by atomic mass is 10.2. The molecule has 0 aliphatic carbocycles. The fourth-order valence-electron chi connectivity index (χ4n) is 2.67. The Balaban J connectivity index is 0.00000364. The van der Waals surface area contributed by atoms with Crippen molar-refractivity contribution in [3.8, 4) is 0 Å². The summed E-state index contributed by atoms with van der Waals surface area (Å²) in [4.78, 5) is 26.4. The van der Waals surface area contributed by atoms with Crippen LogP contribution in [0.25, 0.3) is 0 Å². The first-order valence-electron chi connectivity index (χ1n) is 9.05. The lowest BCUT2D eigenvalue weighted by Crippen LogP contribution is -2.33. The molecule has 2 aromatic rings. The number of carbonyl (C=O) groups excluding carboxylic acids is 2. The van der Waals surface area contributed by atoms with E-state index in [-0.39, 0.29) is 24.2 Å². The molecule has 0 fully saturated rings. The van der Waals surface area contributed by atoms with E-state index in [9.17, 15) is 9.59 Å². The molecular weight excluding hydrogens is 362 g/mol. The zero-order valence-corrected chi connectivity index (χ0v) is 16.3. The van der Waals surface area contributed by atoms with Gasteiger partial charge in [-0.1, -0.05) is 48.5 Å². The number of amides is 2. The number of nitrogens with one attached hydrogen (secondary N) is 1. The van der Waals surface area contributed by atoms with Gasteiger partial charge in [-0.3, -0.25) is 9.59 Å². The molecule has 27 heavy (non-hydrogen) atoms. The van der Waals surface area contributed by atoms with Crippen LogP contribution in [-0.4, -0.2) is 36.3 Å². The summed E-state index contributed by atoms with van der Waals surface area (Å²) in [5.74, 6) is -0.0152. The second-order valence-corrected chi connectivity index (χ2v) is 6.17. The molecule has 2 amide bonds. The second kappa shape index (κ2) is 12.9. The molecule has 0 spiro atoms. The zero-order chi connectivity index (χ0) is 18.6. The van der Waals surface area contributed by atoms with E-state index in [1.54, 1.807) is 12.1 Å². The van der Waals surface area contributed by atoms with Crippen LogP contribution >= 0.6 is 12.4 Å². The average molecular weight is 390 g/mol. The van der Waals surface area contributed by atoms with Crippen molar-refractivity contribution in [1.82, 2.24) is 10.2 Å². The molecule has 0 saturated heterocycles. The fourth-order valence-corrected chi connectivity index (χ4v) is 2.67. The number of carbonyl (C=O) groups is 2. The second-order valence-electron chi connectivity index (χ2n) is 6.17. The van der Waals surface area contributed by atoms with Crippen LogP contribution in [0.15, 0.2) is 60.7 Å². The molecule has 146 valence electrons. The molecule has 5 nitrogen and oxygen atoms in total. The smallest absolute Gasteiger partial charge is 0.251 e. The first kappa shape index (κ1) is 22.7. The maximum Gasteiger partial charge on any atom is 0.251 e. The van der Waals surface area contributed by atoms with E-state index in [4.69, 9.17) is 5.73 Å². The van der Waals surface area contributed by atoms with Gasteiger partial charge in [0.25, 0.3) is 5.91 Å². The van der Waals surface area contributed by atoms with Gasteiger partial charge < -0.3 is 16.0 Å². The van der Waals surface area contributed by atoms with Gasteiger partial charge in [-0.05, 0) is 37.1 Å². The van der Waals surface area contributed by atoms with Gasteiger partial charge in [0.15, 0.2) is 0 Å². The molecule has 2 rings (SSSR count). The average Bonchev–Trinajstić information content (AvgIpc) is 2.69. The number of hydrogen-bond acceptors (Lipinski definition) is 3. The summed E-state index contributed by atoms with van der Waals surface area (Å²) in [5.41, 5.74) is 7.33. The first-order chi connectivity index (χ1) is 12.7. The van der Waals surface area contributed by atoms with E-state index in [1.165, 1.54) is 0 Å². The molecule has 6 heteroatoms. The Morgan fingerprint density at radius 3 is 2.19 bits per heavy atom. The Bertz CT molecular complexity index is 680. The molecule has 0 aromatic heterocycles. The monoisotopic (exact) mass is 389 g/mol. The van der Waals surface area contributed by atoms with Gasteiger partial charge in [0.05, 0.1) is 0 Å². The van der Waals surface area contributed by atoms with Crippen molar-refractivity contribution in [1.29, 1.82) is 0 Å². The molecule has 0 aliphatic heterocycles. The Kier molecular flexibility index (Phi) is 10.8. The van der Waals surface area contributed by atoms with Crippen LogP contribution in [0.3, 0.4) is 0 Å². The predicted molar refractivity (Wildman–Crippen MR) is 111 cm³/mol. The van der Waals surface area contributed by atoms with E-state index in [1.807, 2.05) is 53.4 Å². The maximum atomic E-state index is 12.5. The summed E-state index contributed by atoms with van der Waals surface area (Å²) < 4.78 is 0. The number of nitrogens with two attached hydrogens (primary N) is 1. The summed E-state index contributed by atoms with van der Waals surface area (Å²) >= 11 is 0. The highest BCUT2D eigenvalue weighted by atomic mass is 35.5. The quantitative estimate of drug-likeness (QED) is 0.613. The van der Waals surface area contributed by atoms with Gasteiger partial charge in [0.1, 0.15) is 0 Å². The summed E-state index contributed by atoms with van der Waals surface area (Å²) in [5, 5.41) is 2.86. The van der Waals surface area contributed by atoms with Gasteiger partial charge in [-0.15, -0.1) is 12.4 Å². The molecule has 2 aromatic carbocycles. The summed E-state index contributed by atoms with van der Waals surface area (Å²) in [7, 11) is 0. The molecule has 0 atom stereocenters. The van der Waals surface area contributed by atoms with Gasteiger partial charge in [0.2, 0.25) is 5.91 Å². The normalized spacial score (nSPS) is 9.96. The largest absolute Gasteiger partial charge is 0.352 e. The van der Waals surface area contributed by atoms with Crippen LogP contribution in [0, 0.1) is 0 Å². The van der Waals surface area contributed by atoms with Crippen molar-refractivity contribution in [2.45, 2.75) is 25.8 Å². The topological polar surface area (TPSA) is 75.4 Å². The zero-order valence-electron chi connectivity index (χ0n) is 15.5. The minimum atomic E-state index is -0.109. The van der Waals surface area contributed by atoms with E-state index >= 15 is 0 Å². The molecule has 3 N–H and O–H groups in total. The SMILES string of the molecule is Cl.NCCCN(Cc1ccccc1)C(=O)CCCNC(=O)c1ccccc1. The lowest BCUT2D eigenvalue weighted by molar-refractivity contribution is -0.132. The van der Waals surface area contributed by atoms with Crippen LogP contribution in [-0.2, 0) is 11.3 Å². The molecule has 0 heterocycles. The van der Waals surface area contributed by atoms with Crippen molar-refractivity contribution in [3.05, 3.63) is 71.8 Å². The Morgan fingerprint density at radius 1 is 0.926 bits per heavy atom. The molecular formula is C21H28ClN3O2. The number of rotatable bonds is 10. The molecule has 0 aliphatic rings. The van der Waals surface area contributed by atoms with E-state index in [0.29, 0.717) is 44.6 Å². The van der Waals surface area contributed by atoms with Crippen molar-refractivity contribution >= 4 is 24.2 Å². The Hall–Kier alpha value is -2.37. The maximum absolute atomic E-state index is 12.5. The summed E-state index contributed by atoms with van der Waals surface area (Å²) in [6.07, 6.45) is 1.81. The summed E-state index contributed by atoms with van der Waals surface area (Å²) in [6.45, 7) is 2.29. The Morgan fingerprint density at radius 2 is 1.56 bits per heavy atom. The lowest BCUT2D eigenvalue weighted by Gasteiger charge is -2.23. The van der Waals surface area contributed by atoms with Crippen LogP contribution in [0.2, 0.25) is 0 Å². The van der Waals surface area contributed by atoms with Crippen LogP contribution in [0.4, 0.5) is 0 Å². The highest BCUT2D eigenvalue weighted by Gasteiger charge is 2.13. The number of benzene rings is 2. The van der Waals surface area contributed by atoms with Crippen molar-refractivity contribution in [3.63, 3.8) is 0 Å². The molecule has 0 saturated carbocycles. The van der Waals surface area contributed by atoms with E-state index in [2.05, 4.69) is 5.32 Å². The summed E-state index contributed by atoms with van der Waals surface area (Å²) in [6, 6.07) is 19.0. The van der Waals surface area contributed by atoms with Crippen LogP contribution < -0.4 is 11.1 Å². The third-order valence-electron chi connectivity index (χ3n) is 4.09. The number of nitrogens with zero attached hydrogens (tertiary/aromatic N) is 1. The van der Waals surface area contributed by atoms with Crippen molar-refractivity contribution in [2.24, 2.45) is 5.73 Å². The molecule has 0 radical (unpaired) electrons. The van der Waals surface area contributed by atoms with Crippen LogP contribution in [0.5, 0.6) is 0 Å². The standard InChI is InChI=1S/C21H27N3O2.ClH/c22-14-8-16-24(17-18-9-3-1-4-10-18)20(25)13-7-15-23-21(26)19-11-5-2-6-12-19;/h1-6,9-12H,7-8,13-17,22H2,(H,23,26);1H. The Labute approximate surface area is 167 Å². The molecule has 0 unspecified atom stereocenters. The third kappa shape index (κ3) is 8.24. The van der Waals surface area contributed by atoms with Crippen molar-refractivity contribution < 1.29 is 9.59 Å². The highest BCUT2D eigenvalue weighted by Crippen LogP contribution is 2.08. The minimum absolute atomic E-state index is 0. The first-order valence-corrected chi connectivity index (χ1v) is 9.05. The van der Waals surface area contributed by atoms with Gasteiger partial charge in [-0.25, -0.2) is 0 Å². The highest BCUT2D eigenvalue weighted by molar-refractivity contribution is 5.94. The van der Waals surface area contributed by atoms with Gasteiger partial charge >= 0.3 is 0 Å². The van der Waals surface area contributed by atoms with E-state index < -0.39 is 0 Å². The van der Waals surface area contributed by atoms with E-state index in [0.717, 1.165) is 12.0 Å². The molecule has 0 bridgehead atoms. The number of halogens is 1. The minimum Gasteiger partial charge on any atom is -0.352 e. The van der Waals surface area contributed by atoms with Crippen LogP contribution in [0.1, 0.15) is 35.2 Å². The third-order valence-corrected chi connectivity index (χ3v) is 4.09. The predicted octanol–water partition coefficient (Wildman–Crippen LogP) is 3.00. The number of hydrogen-bond donors (Lipinski definition) is 2. The van der Waals surface area contributed by atoms with Crippen molar-refractivity contribution in [2.75, 3.05) is 19.6 Å².